The van der Waals surface area contributed by atoms with Crippen LogP contribution >= 0.6 is 0 Å². The summed E-state index contributed by atoms with van der Waals surface area (Å²) in [5, 5.41) is 6.99. The quantitative estimate of drug-likeness (QED) is 0.782. The van der Waals surface area contributed by atoms with E-state index in [0.29, 0.717) is 23.7 Å². The largest absolute Gasteiger partial charge is 0.373 e. The fourth-order valence-electron chi connectivity index (χ4n) is 2.36. The lowest BCUT2D eigenvalue weighted by atomic mass is 10.1. The van der Waals surface area contributed by atoms with E-state index in [2.05, 4.69) is 15.5 Å². The molecule has 3 aromatic rings. The molecule has 1 aromatic carbocycles. The molecule has 0 spiro atoms. The highest BCUT2D eigenvalue weighted by atomic mass is 16.5. The Hall–Kier alpha value is -3.15. The molecule has 24 heavy (non-hydrogen) atoms. The van der Waals surface area contributed by atoms with E-state index in [4.69, 9.17) is 4.52 Å². The number of nitrogens with zero attached hydrogens (tertiary/aromatic N) is 3. The minimum absolute atomic E-state index is 0.105. The molecule has 0 aliphatic rings. The van der Waals surface area contributed by atoms with E-state index in [-0.39, 0.29) is 5.91 Å². The molecule has 1 amide bonds. The summed E-state index contributed by atoms with van der Waals surface area (Å²) in [6, 6.07) is 15.0. The predicted octanol–water partition coefficient (Wildman–Crippen LogP) is 3.05. The van der Waals surface area contributed by atoms with Crippen LogP contribution in [0.1, 0.15) is 16.1 Å². The molecule has 0 radical (unpaired) electrons. The monoisotopic (exact) mass is 322 g/mol. The van der Waals surface area contributed by atoms with Crippen molar-refractivity contribution in [2.24, 2.45) is 0 Å². The zero-order valence-electron chi connectivity index (χ0n) is 13.6. The fourth-order valence-corrected chi connectivity index (χ4v) is 2.36. The Morgan fingerprint density at radius 1 is 1.21 bits per heavy atom. The van der Waals surface area contributed by atoms with Crippen LogP contribution in [0, 0.1) is 0 Å². The summed E-state index contributed by atoms with van der Waals surface area (Å²) >= 11 is 0. The molecule has 2 heterocycles. The van der Waals surface area contributed by atoms with Crippen molar-refractivity contribution in [2.45, 2.75) is 6.54 Å². The number of anilines is 1. The molecular formula is C18H18N4O2. The fraction of sp³-hybridized carbons (Fsp3) is 0.167. The van der Waals surface area contributed by atoms with Gasteiger partial charge in [0.25, 0.3) is 5.91 Å². The van der Waals surface area contributed by atoms with Crippen molar-refractivity contribution in [3.8, 4) is 11.3 Å². The zero-order chi connectivity index (χ0) is 16.9. The summed E-state index contributed by atoms with van der Waals surface area (Å²) in [5.74, 6) is 1.18. The average molecular weight is 322 g/mol. The lowest BCUT2D eigenvalue weighted by Gasteiger charge is -2.15. The van der Waals surface area contributed by atoms with Crippen molar-refractivity contribution in [1.29, 1.82) is 0 Å². The highest BCUT2D eigenvalue weighted by molar-refractivity contribution is 5.94. The molecule has 0 bridgehead atoms. The number of benzene rings is 1. The van der Waals surface area contributed by atoms with Gasteiger partial charge in [0.15, 0.2) is 5.76 Å². The first-order chi connectivity index (χ1) is 11.7. The Morgan fingerprint density at radius 2 is 2.00 bits per heavy atom. The van der Waals surface area contributed by atoms with Crippen molar-refractivity contribution in [2.75, 3.05) is 19.4 Å². The van der Waals surface area contributed by atoms with E-state index in [1.54, 1.807) is 37.3 Å². The summed E-state index contributed by atoms with van der Waals surface area (Å²) in [4.78, 5) is 18.2. The van der Waals surface area contributed by atoms with Gasteiger partial charge in [-0.2, -0.15) is 0 Å². The third-order valence-electron chi connectivity index (χ3n) is 3.63. The third-order valence-corrected chi connectivity index (χ3v) is 3.63. The molecule has 0 fully saturated rings. The number of rotatable bonds is 5. The van der Waals surface area contributed by atoms with Crippen LogP contribution < -0.4 is 5.32 Å². The van der Waals surface area contributed by atoms with Gasteiger partial charge in [0.1, 0.15) is 11.5 Å². The molecule has 0 aliphatic heterocycles. The first kappa shape index (κ1) is 15.7. The standard InChI is InChI=1S/C18H18N4O2/c1-19-17-10-14(8-9-20-17)18(23)22(2)12-15-11-16(21-24-15)13-6-4-3-5-7-13/h3-11H,12H2,1-2H3,(H,19,20). The Labute approximate surface area is 140 Å². The molecule has 0 saturated carbocycles. The topological polar surface area (TPSA) is 71.3 Å². The lowest BCUT2D eigenvalue weighted by molar-refractivity contribution is 0.0772. The van der Waals surface area contributed by atoms with Gasteiger partial charge in [0, 0.05) is 37.5 Å². The average Bonchev–Trinajstić information content (AvgIpc) is 3.10. The van der Waals surface area contributed by atoms with E-state index in [9.17, 15) is 4.79 Å². The molecule has 1 N–H and O–H groups in total. The molecule has 3 rings (SSSR count). The molecule has 2 aromatic heterocycles. The number of pyridine rings is 1. The number of nitrogens with one attached hydrogen (secondary N) is 1. The number of aromatic nitrogens is 2. The van der Waals surface area contributed by atoms with Crippen LogP contribution in [-0.2, 0) is 6.54 Å². The number of carbonyl (C=O) groups excluding carboxylic acids is 1. The molecule has 0 unspecified atom stereocenters. The van der Waals surface area contributed by atoms with Gasteiger partial charge in [-0.05, 0) is 12.1 Å². The first-order valence-corrected chi connectivity index (χ1v) is 7.57. The van der Waals surface area contributed by atoms with Crippen LogP contribution in [0.15, 0.2) is 59.3 Å². The molecule has 122 valence electrons. The molecule has 6 heteroatoms. The maximum Gasteiger partial charge on any atom is 0.254 e. The summed E-state index contributed by atoms with van der Waals surface area (Å²) in [5.41, 5.74) is 2.31. The number of carbonyl (C=O) groups is 1. The van der Waals surface area contributed by atoms with E-state index in [1.807, 2.05) is 36.4 Å². The highest BCUT2D eigenvalue weighted by Gasteiger charge is 2.15. The second-order valence-corrected chi connectivity index (χ2v) is 5.39. The third kappa shape index (κ3) is 3.43. The van der Waals surface area contributed by atoms with Crippen LogP contribution in [-0.4, -0.2) is 35.0 Å². The minimum atomic E-state index is -0.105. The number of hydrogen-bond donors (Lipinski definition) is 1. The molecule has 0 atom stereocenters. The van der Waals surface area contributed by atoms with Crippen molar-refractivity contribution in [3.63, 3.8) is 0 Å². The Kier molecular flexibility index (Phi) is 4.56. The van der Waals surface area contributed by atoms with Crippen LogP contribution in [0.4, 0.5) is 5.82 Å². The van der Waals surface area contributed by atoms with Gasteiger partial charge in [0.2, 0.25) is 0 Å². The molecule has 6 nitrogen and oxygen atoms in total. The Balaban J connectivity index is 1.71. The van der Waals surface area contributed by atoms with E-state index in [1.165, 1.54) is 0 Å². The van der Waals surface area contributed by atoms with Gasteiger partial charge >= 0.3 is 0 Å². The van der Waals surface area contributed by atoms with Crippen molar-refractivity contribution in [1.82, 2.24) is 15.0 Å². The highest BCUT2D eigenvalue weighted by Crippen LogP contribution is 2.19. The van der Waals surface area contributed by atoms with Gasteiger partial charge in [0.05, 0.1) is 6.54 Å². The van der Waals surface area contributed by atoms with Crippen molar-refractivity contribution < 1.29 is 9.32 Å². The SMILES string of the molecule is CNc1cc(C(=O)N(C)Cc2cc(-c3ccccc3)no2)ccn1. The maximum atomic E-state index is 12.5. The maximum absolute atomic E-state index is 12.5. The Bertz CT molecular complexity index is 830. The normalized spacial score (nSPS) is 10.4. The van der Waals surface area contributed by atoms with Crippen molar-refractivity contribution in [3.05, 3.63) is 66.1 Å². The van der Waals surface area contributed by atoms with E-state index in [0.717, 1.165) is 11.3 Å². The molecule has 0 aliphatic carbocycles. The number of hydrogen-bond acceptors (Lipinski definition) is 5. The minimum Gasteiger partial charge on any atom is -0.373 e. The van der Waals surface area contributed by atoms with Crippen LogP contribution in [0.3, 0.4) is 0 Å². The first-order valence-electron chi connectivity index (χ1n) is 7.57. The Morgan fingerprint density at radius 3 is 2.75 bits per heavy atom. The van der Waals surface area contributed by atoms with Gasteiger partial charge in [-0.3, -0.25) is 4.79 Å². The van der Waals surface area contributed by atoms with E-state index >= 15 is 0 Å². The number of amides is 1. The van der Waals surface area contributed by atoms with Crippen LogP contribution in [0.2, 0.25) is 0 Å². The van der Waals surface area contributed by atoms with Crippen molar-refractivity contribution >= 4 is 11.7 Å². The van der Waals surface area contributed by atoms with Crippen LogP contribution in [0.25, 0.3) is 11.3 Å². The zero-order valence-corrected chi connectivity index (χ0v) is 13.6. The van der Waals surface area contributed by atoms with Gasteiger partial charge in [-0.1, -0.05) is 35.5 Å². The lowest BCUT2D eigenvalue weighted by Crippen LogP contribution is -2.26. The summed E-state index contributed by atoms with van der Waals surface area (Å²) in [6.07, 6.45) is 1.61. The smallest absolute Gasteiger partial charge is 0.254 e. The second kappa shape index (κ2) is 6.95. The van der Waals surface area contributed by atoms with Gasteiger partial charge < -0.3 is 14.7 Å². The molecular weight excluding hydrogens is 304 g/mol. The summed E-state index contributed by atoms with van der Waals surface area (Å²) < 4.78 is 5.35. The molecule has 0 saturated heterocycles. The summed E-state index contributed by atoms with van der Waals surface area (Å²) in [6.45, 7) is 0.343. The van der Waals surface area contributed by atoms with Crippen LogP contribution in [0.5, 0.6) is 0 Å². The van der Waals surface area contributed by atoms with Gasteiger partial charge in [-0.25, -0.2) is 4.98 Å². The predicted molar refractivity (Wildman–Crippen MR) is 91.5 cm³/mol. The van der Waals surface area contributed by atoms with E-state index < -0.39 is 0 Å². The second-order valence-electron chi connectivity index (χ2n) is 5.39. The summed E-state index contributed by atoms with van der Waals surface area (Å²) in [7, 11) is 3.49. The van der Waals surface area contributed by atoms with Gasteiger partial charge in [-0.15, -0.1) is 0 Å².